The lowest BCUT2D eigenvalue weighted by atomic mass is 10.3. The van der Waals surface area contributed by atoms with Crippen molar-refractivity contribution in [3.8, 4) is 5.75 Å². The zero-order valence-electron chi connectivity index (χ0n) is 10.1. The summed E-state index contributed by atoms with van der Waals surface area (Å²) in [7, 11) is -3.96. The topological polar surface area (TPSA) is 130 Å². The molecule has 0 aliphatic heterocycles. The van der Waals surface area contributed by atoms with Crippen LogP contribution in [0.4, 0.5) is 5.69 Å². The second-order valence-electron chi connectivity index (χ2n) is 3.82. The van der Waals surface area contributed by atoms with Crippen LogP contribution in [0, 0.1) is 10.1 Å². The van der Waals surface area contributed by atoms with Gasteiger partial charge in [0.25, 0.3) is 0 Å². The molecular formula is C10H14N2O6S. The number of aliphatic hydroxyl groups excluding tert-OH is 1. The highest BCUT2D eigenvalue weighted by atomic mass is 32.2. The molecule has 1 atom stereocenters. The lowest BCUT2D eigenvalue weighted by molar-refractivity contribution is -0.386. The number of hydrogen-bond donors (Lipinski definition) is 3. The molecule has 0 heterocycles. The molecule has 0 aromatic heterocycles. The highest BCUT2D eigenvalue weighted by molar-refractivity contribution is 7.89. The molecule has 19 heavy (non-hydrogen) atoms. The average Bonchev–Trinajstić information content (AvgIpc) is 2.35. The van der Waals surface area contributed by atoms with Crippen molar-refractivity contribution < 1.29 is 23.6 Å². The Morgan fingerprint density at radius 3 is 2.63 bits per heavy atom. The summed E-state index contributed by atoms with van der Waals surface area (Å²) in [6, 6.07) is 2.74. The maximum absolute atomic E-state index is 11.8. The summed E-state index contributed by atoms with van der Waals surface area (Å²) in [5, 5.41) is 29.1. The summed E-state index contributed by atoms with van der Waals surface area (Å²) in [4.78, 5) is 9.38. The van der Waals surface area contributed by atoms with Gasteiger partial charge in [-0.1, -0.05) is 6.92 Å². The van der Waals surface area contributed by atoms with Gasteiger partial charge in [0.15, 0.2) is 5.75 Å². The molecular weight excluding hydrogens is 276 g/mol. The van der Waals surface area contributed by atoms with Crippen LogP contribution in [0.15, 0.2) is 23.1 Å². The predicted octanol–water partition coefficient (Wildman–Crippen LogP) is 0.350. The van der Waals surface area contributed by atoms with Crippen LogP contribution < -0.4 is 4.72 Å². The second kappa shape index (κ2) is 5.95. The van der Waals surface area contributed by atoms with Gasteiger partial charge in [0.2, 0.25) is 10.0 Å². The number of nitrogens with zero attached hydrogens (tertiary/aromatic N) is 1. The van der Waals surface area contributed by atoms with Gasteiger partial charge >= 0.3 is 5.69 Å². The van der Waals surface area contributed by atoms with E-state index >= 15 is 0 Å². The number of phenolic OH excluding ortho intramolecular Hbond substituents is 1. The highest BCUT2D eigenvalue weighted by Gasteiger charge is 2.21. The van der Waals surface area contributed by atoms with Crippen molar-refractivity contribution in [2.75, 3.05) is 6.54 Å². The van der Waals surface area contributed by atoms with Crippen molar-refractivity contribution in [3.05, 3.63) is 28.3 Å². The number of nitro groups is 1. The van der Waals surface area contributed by atoms with Crippen LogP contribution in [0.2, 0.25) is 0 Å². The van der Waals surface area contributed by atoms with Crippen molar-refractivity contribution >= 4 is 15.7 Å². The van der Waals surface area contributed by atoms with Crippen LogP contribution in [-0.2, 0) is 10.0 Å². The molecule has 0 saturated carbocycles. The molecule has 9 heteroatoms. The second-order valence-corrected chi connectivity index (χ2v) is 5.59. The molecule has 3 N–H and O–H groups in total. The molecule has 0 spiro atoms. The van der Waals surface area contributed by atoms with Crippen LogP contribution in [-0.4, -0.2) is 36.2 Å². The third-order valence-electron chi connectivity index (χ3n) is 2.43. The first-order valence-corrected chi connectivity index (χ1v) is 6.91. The summed E-state index contributed by atoms with van der Waals surface area (Å²) >= 11 is 0. The zero-order valence-corrected chi connectivity index (χ0v) is 10.9. The number of rotatable bonds is 6. The normalized spacial score (nSPS) is 13.2. The van der Waals surface area contributed by atoms with Gasteiger partial charge in [-0.25, -0.2) is 13.1 Å². The fourth-order valence-electron chi connectivity index (χ4n) is 1.25. The number of hydrogen-bond acceptors (Lipinski definition) is 6. The molecule has 0 aliphatic rings. The molecule has 1 aromatic rings. The van der Waals surface area contributed by atoms with Crippen LogP contribution in [0.5, 0.6) is 5.75 Å². The van der Waals surface area contributed by atoms with E-state index in [2.05, 4.69) is 4.72 Å². The van der Waals surface area contributed by atoms with Crippen LogP contribution in [0.25, 0.3) is 0 Å². The minimum Gasteiger partial charge on any atom is -0.502 e. The molecule has 106 valence electrons. The maximum atomic E-state index is 11.8. The third-order valence-corrected chi connectivity index (χ3v) is 3.86. The molecule has 0 fully saturated rings. The summed E-state index contributed by atoms with van der Waals surface area (Å²) in [5.74, 6) is -0.613. The van der Waals surface area contributed by atoms with Gasteiger partial charge in [-0.2, -0.15) is 0 Å². The summed E-state index contributed by atoms with van der Waals surface area (Å²) in [5.41, 5.74) is -0.695. The minimum atomic E-state index is -3.96. The van der Waals surface area contributed by atoms with Crippen LogP contribution in [0.3, 0.4) is 0 Å². The molecule has 1 aromatic carbocycles. The van der Waals surface area contributed by atoms with Gasteiger partial charge in [0.05, 0.1) is 15.9 Å². The molecule has 1 unspecified atom stereocenters. The third kappa shape index (κ3) is 3.88. The summed E-state index contributed by atoms with van der Waals surface area (Å²) in [6.07, 6.45) is -0.458. The van der Waals surface area contributed by atoms with E-state index in [1.807, 2.05) is 0 Å². The van der Waals surface area contributed by atoms with Crippen molar-refractivity contribution in [2.24, 2.45) is 0 Å². The molecule has 0 amide bonds. The van der Waals surface area contributed by atoms with E-state index in [0.29, 0.717) is 6.42 Å². The van der Waals surface area contributed by atoms with E-state index in [-0.39, 0.29) is 11.4 Å². The van der Waals surface area contributed by atoms with E-state index in [4.69, 9.17) is 0 Å². The van der Waals surface area contributed by atoms with Gasteiger partial charge in [0, 0.05) is 12.6 Å². The molecule has 0 aliphatic carbocycles. The molecule has 0 radical (unpaired) electrons. The Hall–Kier alpha value is -1.71. The van der Waals surface area contributed by atoms with Gasteiger partial charge in [-0.3, -0.25) is 10.1 Å². The van der Waals surface area contributed by atoms with Crippen LogP contribution in [0.1, 0.15) is 13.3 Å². The van der Waals surface area contributed by atoms with Crippen LogP contribution >= 0.6 is 0 Å². The molecule has 0 bridgehead atoms. The van der Waals surface area contributed by atoms with Gasteiger partial charge in [-0.15, -0.1) is 0 Å². The quantitative estimate of drug-likeness (QED) is 0.512. The lowest BCUT2D eigenvalue weighted by Crippen LogP contribution is -2.31. The summed E-state index contributed by atoms with van der Waals surface area (Å²) in [6.45, 7) is 1.50. The number of aliphatic hydroxyl groups is 1. The molecule has 0 saturated heterocycles. The standard InChI is InChI=1S/C10H14N2O6S/c1-2-7(13)6-11-19(17,18)8-3-4-10(14)9(5-8)12(15)16/h3-5,7,11,13-14H,2,6H2,1H3. The Balaban J connectivity index is 3.02. The Labute approximate surface area is 109 Å². The van der Waals surface area contributed by atoms with E-state index in [9.17, 15) is 28.7 Å². The van der Waals surface area contributed by atoms with Gasteiger partial charge in [-0.05, 0) is 18.6 Å². The van der Waals surface area contributed by atoms with E-state index < -0.39 is 32.5 Å². The van der Waals surface area contributed by atoms with E-state index in [1.165, 1.54) is 0 Å². The average molecular weight is 290 g/mol. The first-order chi connectivity index (χ1) is 8.77. The lowest BCUT2D eigenvalue weighted by Gasteiger charge is -2.10. The minimum absolute atomic E-state index is 0.187. The maximum Gasteiger partial charge on any atom is 0.312 e. The van der Waals surface area contributed by atoms with Gasteiger partial charge < -0.3 is 10.2 Å². The number of aromatic hydroxyl groups is 1. The fourth-order valence-corrected chi connectivity index (χ4v) is 2.34. The van der Waals surface area contributed by atoms with Gasteiger partial charge in [0.1, 0.15) is 0 Å². The monoisotopic (exact) mass is 290 g/mol. The van der Waals surface area contributed by atoms with Crippen molar-refractivity contribution in [2.45, 2.75) is 24.3 Å². The Bertz CT molecular complexity index is 571. The fraction of sp³-hybridized carbons (Fsp3) is 0.400. The predicted molar refractivity (Wildman–Crippen MR) is 66.2 cm³/mol. The first kappa shape index (κ1) is 15.3. The SMILES string of the molecule is CCC(O)CNS(=O)(=O)c1ccc(O)c([N+](=O)[O-])c1. The number of nitro benzene ring substituents is 1. The van der Waals surface area contributed by atoms with E-state index in [0.717, 1.165) is 18.2 Å². The Morgan fingerprint density at radius 1 is 1.47 bits per heavy atom. The number of benzene rings is 1. The van der Waals surface area contributed by atoms with Crippen molar-refractivity contribution in [1.82, 2.24) is 4.72 Å². The number of phenols is 1. The first-order valence-electron chi connectivity index (χ1n) is 5.43. The number of sulfonamides is 1. The van der Waals surface area contributed by atoms with E-state index in [1.54, 1.807) is 6.92 Å². The largest absolute Gasteiger partial charge is 0.502 e. The Morgan fingerprint density at radius 2 is 2.11 bits per heavy atom. The molecule has 8 nitrogen and oxygen atoms in total. The highest BCUT2D eigenvalue weighted by Crippen LogP contribution is 2.28. The van der Waals surface area contributed by atoms with Crippen molar-refractivity contribution in [3.63, 3.8) is 0 Å². The zero-order chi connectivity index (χ0) is 14.6. The van der Waals surface area contributed by atoms with Crippen molar-refractivity contribution in [1.29, 1.82) is 0 Å². The smallest absolute Gasteiger partial charge is 0.312 e. The molecule has 1 rings (SSSR count). The number of nitrogens with one attached hydrogen (secondary N) is 1. The Kier molecular flexibility index (Phi) is 4.81. The summed E-state index contributed by atoms with van der Waals surface area (Å²) < 4.78 is 25.8.